The maximum absolute atomic E-state index is 12.4. The molecular formula is C29H35NO3S2. The van der Waals surface area contributed by atoms with Gasteiger partial charge in [-0.25, -0.2) is 13.1 Å². The van der Waals surface area contributed by atoms with Gasteiger partial charge in [-0.15, -0.1) is 0 Å². The molecule has 0 fully saturated rings. The molecule has 35 heavy (non-hydrogen) atoms. The molecule has 1 N–H and O–H groups in total. The highest BCUT2D eigenvalue weighted by Crippen LogP contribution is 2.23. The molecule has 3 rings (SSSR count). The molecule has 3 aromatic carbocycles. The third kappa shape index (κ3) is 9.54. The van der Waals surface area contributed by atoms with Crippen molar-refractivity contribution in [1.29, 1.82) is 0 Å². The summed E-state index contributed by atoms with van der Waals surface area (Å²) in [7, 11) is -3.60. The molecule has 0 aliphatic heterocycles. The number of benzene rings is 3. The lowest BCUT2D eigenvalue weighted by atomic mass is 10.0. The van der Waals surface area contributed by atoms with Crippen LogP contribution in [0.4, 0.5) is 0 Å². The Morgan fingerprint density at radius 3 is 1.89 bits per heavy atom. The molecule has 0 atom stereocenters. The van der Waals surface area contributed by atoms with Gasteiger partial charge in [0, 0.05) is 17.1 Å². The fourth-order valence-electron chi connectivity index (χ4n) is 3.79. The van der Waals surface area contributed by atoms with Crippen LogP contribution < -0.4 is 4.72 Å². The molecule has 3 aromatic rings. The predicted molar refractivity (Wildman–Crippen MR) is 148 cm³/mol. The third-order valence-corrected chi connectivity index (χ3v) is 8.23. The van der Waals surface area contributed by atoms with Crippen molar-refractivity contribution in [3.63, 3.8) is 0 Å². The number of rotatable bonds is 14. The first-order valence-corrected chi connectivity index (χ1v) is 15.1. The molecule has 0 aliphatic rings. The minimum absolute atomic E-state index is 0.00802. The van der Waals surface area contributed by atoms with E-state index in [1.807, 2.05) is 30.3 Å². The van der Waals surface area contributed by atoms with E-state index in [0.717, 1.165) is 42.8 Å². The molecule has 0 aromatic heterocycles. The van der Waals surface area contributed by atoms with E-state index in [-0.39, 0.29) is 5.75 Å². The molecule has 4 nitrogen and oxygen atoms in total. The number of hydrogen-bond acceptors (Lipinski definition) is 4. The van der Waals surface area contributed by atoms with Crippen LogP contribution in [-0.4, -0.2) is 20.1 Å². The minimum atomic E-state index is -3.60. The van der Waals surface area contributed by atoms with Gasteiger partial charge in [0.2, 0.25) is 10.0 Å². The lowest BCUT2D eigenvalue weighted by Crippen LogP contribution is -2.32. The standard InChI is InChI=1S/C29H35NO3S2/c1-2-3-4-5-6-10-21-35(32,33)30-29(31)28-19-15-25(16-20-28)23-34-22-24-13-17-27(18-14-24)26-11-8-7-9-12-26/h7-9,11-20H,2-6,10,21-23H2,1H3,(H,30,31). The Labute approximate surface area is 214 Å². The van der Waals surface area contributed by atoms with Crippen LogP contribution in [0.1, 0.15) is 66.9 Å². The normalized spacial score (nSPS) is 11.3. The van der Waals surface area contributed by atoms with E-state index >= 15 is 0 Å². The molecule has 6 heteroatoms. The van der Waals surface area contributed by atoms with E-state index in [0.29, 0.717) is 12.0 Å². The number of carbonyl (C=O) groups excluding carboxylic acids is 1. The zero-order chi connectivity index (χ0) is 24.9. The largest absolute Gasteiger partial charge is 0.268 e. The number of unbranched alkanes of at least 4 members (excludes halogenated alkanes) is 5. The van der Waals surface area contributed by atoms with Crippen LogP contribution in [-0.2, 0) is 21.5 Å². The van der Waals surface area contributed by atoms with Crippen molar-refractivity contribution in [2.24, 2.45) is 0 Å². The highest BCUT2D eigenvalue weighted by molar-refractivity contribution is 7.97. The Morgan fingerprint density at radius 1 is 0.714 bits per heavy atom. The summed E-state index contributed by atoms with van der Waals surface area (Å²) in [6, 6.07) is 26.1. The predicted octanol–water partition coefficient (Wildman–Crippen LogP) is 7.21. The second-order valence-corrected chi connectivity index (χ2v) is 11.6. The Morgan fingerprint density at radius 2 is 1.26 bits per heavy atom. The number of carbonyl (C=O) groups is 1. The zero-order valence-electron chi connectivity index (χ0n) is 20.4. The summed E-state index contributed by atoms with van der Waals surface area (Å²) in [6.07, 6.45) is 5.97. The van der Waals surface area contributed by atoms with Crippen molar-refractivity contribution < 1.29 is 13.2 Å². The van der Waals surface area contributed by atoms with Crippen LogP contribution in [0.3, 0.4) is 0 Å². The van der Waals surface area contributed by atoms with Gasteiger partial charge in [-0.2, -0.15) is 11.8 Å². The zero-order valence-corrected chi connectivity index (χ0v) is 22.0. The quantitative estimate of drug-likeness (QED) is 0.233. The van der Waals surface area contributed by atoms with Crippen LogP contribution in [0.15, 0.2) is 78.9 Å². The van der Waals surface area contributed by atoms with Crippen LogP contribution in [0, 0.1) is 0 Å². The van der Waals surface area contributed by atoms with Crippen molar-refractivity contribution in [1.82, 2.24) is 4.72 Å². The average Bonchev–Trinajstić information content (AvgIpc) is 2.87. The number of nitrogens with one attached hydrogen (secondary N) is 1. The Hall–Kier alpha value is -2.57. The summed E-state index contributed by atoms with van der Waals surface area (Å²) in [5.74, 6) is 1.15. The second-order valence-electron chi connectivity index (χ2n) is 8.77. The van der Waals surface area contributed by atoms with Gasteiger partial charge in [0.15, 0.2) is 0 Å². The van der Waals surface area contributed by atoms with Gasteiger partial charge in [-0.05, 0) is 40.8 Å². The SMILES string of the molecule is CCCCCCCCS(=O)(=O)NC(=O)c1ccc(CSCc2ccc(-c3ccccc3)cc2)cc1. The average molecular weight is 510 g/mol. The Balaban J connectivity index is 1.41. The van der Waals surface area contributed by atoms with Crippen LogP contribution in [0.25, 0.3) is 11.1 Å². The highest BCUT2D eigenvalue weighted by atomic mass is 32.2. The molecule has 186 valence electrons. The van der Waals surface area contributed by atoms with Gasteiger partial charge in [0.1, 0.15) is 0 Å². The van der Waals surface area contributed by atoms with E-state index in [1.165, 1.54) is 23.1 Å². The van der Waals surface area contributed by atoms with Gasteiger partial charge >= 0.3 is 0 Å². The summed E-state index contributed by atoms with van der Waals surface area (Å²) in [4.78, 5) is 12.4. The molecule has 0 radical (unpaired) electrons. The van der Waals surface area contributed by atoms with E-state index in [2.05, 4.69) is 48.0 Å². The summed E-state index contributed by atoms with van der Waals surface area (Å²) in [5, 5.41) is 0. The van der Waals surface area contributed by atoms with Gasteiger partial charge in [-0.3, -0.25) is 4.79 Å². The first-order chi connectivity index (χ1) is 17.0. The second kappa shape index (κ2) is 14.1. The highest BCUT2D eigenvalue weighted by Gasteiger charge is 2.15. The summed E-state index contributed by atoms with van der Waals surface area (Å²) in [5.41, 5.74) is 5.15. The molecule has 0 saturated carbocycles. The van der Waals surface area contributed by atoms with Gasteiger partial charge in [0.25, 0.3) is 5.91 Å². The minimum Gasteiger partial charge on any atom is -0.268 e. The van der Waals surface area contributed by atoms with Crippen LogP contribution >= 0.6 is 11.8 Å². The van der Waals surface area contributed by atoms with E-state index in [1.54, 1.807) is 23.9 Å². The summed E-state index contributed by atoms with van der Waals surface area (Å²) < 4.78 is 26.6. The van der Waals surface area contributed by atoms with Gasteiger partial charge < -0.3 is 0 Å². The summed E-state index contributed by atoms with van der Waals surface area (Å²) >= 11 is 1.80. The van der Waals surface area contributed by atoms with E-state index < -0.39 is 15.9 Å². The number of amides is 1. The number of hydrogen-bond donors (Lipinski definition) is 1. The summed E-state index contributed by atoms with van der Waals surface area (Å²) in [6.45, 7) is 2.15. The molecule has 0 heterocycles. The van der Waals surface area contributed by atoms with Crippen molar-refractivity contribution in [2.45, 2.75) is 57.0 Å². The van der Waals surface area contributed by atoms with E-state index in [4.69, 9.17) is 0 Å². The third-order valence-electron chi connectivity index (χ3n) is 5.83. The number of thioether (sulfide) groups is 1. The molecule has 0 unspecified atom stereocenters. The molecule has 0 aliphatic carbocycles. The van der Waals surface area contributed by atoms with Crippen LogP contribution in [0.2, 0.25) is 0 Å². The molecule has 0 saturated heterocycles. The molecular weight excluding hydrogens is 474 g/mol. The maximum atomic E-state index is 12.4. The Bertz CT molecular complexity index is 1140. The molecule has 0 bridgehead atoms. The first kappa shape index (κ1) is 27.0. The fourth-order valence-corrected chi connectivity index (χ4v) is 5.83. The van der Waals surface area contributed by atoms with Crippen molar-refractivity contribution >= 4 is 27.7 Å². The van der Waals surface area contributed by atoms with Crippen molar-refractivity contribution in [3.05, 3.63) is 95.6 Å². The lowest BCUT2D eigenvalue weighted by Gasteiger charge is -2.08. The molecule has 1 amide bonds. The number of sulfonamides is 1. The topological polar surface area (TPSA) is 63.2 Å². The monoisotopic (exact) mass is 509 g/mol. The Kier molecular flexibility index (Phi) is 10.9. The van der Waals surface area contributed by atoms with Crippen molar-refractivity contribution in [2.75, 3.05) is 5.75 Å². The smallest absolute Gasteiger partial charge is 0.264 e. The van der Waals surface area contributed by atoms with E-state index in [9.17, 15) is 13.2 Å². The fraction of sp³-hybridized carbons (Fsp3) is 0.345. The van der Waals surface area contributed by atoms with Gasteiger partial charge in [-0.1, -0.05) is 106 Å². The lowest BCUT2D eigenvalue weighted by molar-refractivity contribution is 0.0981. The van der Waals surface area contributed by atoms with Gasteiger partial charge in [0.05, 0.1) is 5.75 Å². The van der Waals surface area contributed by atoms with Crippen LogP contribution in [0.5, 0.6) is 0 Å². The van der Waals surface area contributed by atoms with Crippen molar-refractivity contribution in [3.8, 4) is 11.1 Å². The maximum Gasteiger partial charge on any atom is 0.264 e. The molecule has 0 spiro atoms. The first-order valence-electron chi connectivity index (χ1n) is 12.3.